The average Bonchev–Trinajstić information content (AvgIpc) is 1.65. The van der Waals surface area contributed by atoms with Gasteiger partial charge in [-0.3, -0.25) is 0 Å². The van der Waals surface area contributed by atoms with Gasteiger partial charge in [0.15, 0.2) is 0 Å². The molecule has 0 aromatic carbocycles. The molecule has 0 aliphatic heterocycles. The maximum absolute atomic E-state index is 5.24. The summed E-state index contributed by atoms with van der Waals surface area (Å²) >= 11 is 9.18. The van der Waals surface area contributed by atoms with Gasteiger partial charge in [-0.1, -0.05) is 17.2 Å². The molecule has 0 fully saturated rings. The van der Waals surface area contributed by atoms with Crippen molar-refractivity contribution in [3.05, 3.63) is 11.1 Å². The van der Waals surface area contributed by atoms with Crippen LogP contribution in [0.2, 0.25) is 0 Å². The van der Waals surface area contributed by atoms with E-state index in [0.29, 0.717) is 0 Å². The van der Waals surface area contributed by atoms with Crippen molar-refractivity contribution < 1.29 is 0 Å². The fraction of sp³-hybridized carbons (Fsp3) is 0.500. The second-order valence-corrected chi connectivity index (χ2v) is 1.65. The Labute approximate surface area is 48.6 Å². The Kier molecular flexibility index (Phi) is 3.79. The maximum atomic E-state index is 5.24. The van der Waals surface area contributed by atoms with Crippen LogP contribution in [0.5, 0.6) is 0 Å². The molecule has 0 radical (unpaired) electrons. The Morgan fingerprint density at radius 3 is 2.50 bits per heavy atom. The Bertz CT molecular complexity index is 58.6. The quantitative estimate of drug-likeness (QED) is 0.506. The summed E-state index contributed by atoms with van der Waals surface area (Å²) in [5.41, 5.74) is 2.63. The summed E-state index contributed by atoms with van der Waals surface area (Å²) < 4.78 is 0. The van der Waals surface area contributed by atoms with Gasteiger partial charge in [-0.2, -0.15) is 12.6 Å². The van der Waals surface area contributed by atoms with E-state index < -0.39 is 0 Å². The van der Waals surface area contributed by atoms with Crippen LogP contribution in [0.15, 0.2) is 11.1 Å². The van der Waals surface area contributed by atoms with Gasteiger partial charge < -0.3 is 0 Å². The minimum absolute atomic E-state index is 0.753. The molecule has 0 rings (SSSR count). The summed E-state index contributed by atoms with van der Waals surface area (Å²) in [5, 5.41) is 0. The van der Waals surface area contributed by atoms with E-state index in [-0.39, 0.29) is 0 Å². The minimum atomic E-state index is 0.753. The highest BCUT2D eigenvalue weighted by atomic mass is 35.5. The van der Waals surface area contributed by atoms with Crippen LogP contribution in [-0.2, 0) is 0 Å². The molecule has 0 aliphatic rings. The lowest BCUT2D eigenvalue weighted by Crippen LogP contribution is -1.69. The first-order valence-electron chi connectivity index (χ1n) is 1.68. The van der Waals surface area contributed by atoms with Crippen LogP contribution in [0.25, 0.3) is 0 Å². The van der Waals surface area contributed by atoms with E-state index in [1.54, 1.807) is 0 Å². The van der Waals surface area contributed by atoms with Crippen molar-refractivity contribution in [3.63, 3.8) is 0 Å². The summed E-state index contributed by atoms with van der Waals surface area (Å²) in [6.07, 6.45) is 0. The van der Waals surface area contributed by atoms with E-state index in [9.17, 15) is 0 Å². The first-order chi connectivity index (χ1) is 2.81. The number of halogens is 1. The highest BCUT2D eigenvalue weighted by Crippen LogP contribution is 1.95. The van der Waals surface area contributed by atoms with Gasteiger partial charge in [0.25, 0.3) is 0 Å². The first-order valence-corrected chi connectivity index (χ1v) is 2.75. The van der Waals surface area contributed by atoms with Gasteiger partial charge in [0.05, 0.1) is 0 Å². The summed E-state index contributed by atoms with van der Waals surface area (Å²) in [7, 11) is 0. The molecule has 0 heterocycles. The molecule has 0 atom stereocenters. The van der Waals surface area contributed by atoms with Crippen molar-refractivity contribution >= 4 is 24.2 Å². The Morgan fingerprint density at radius 2 is 2.50 bits per heavy atom. The molecule has 0 N–H and O–H groups in total. The molecule has 0 amide bonds. The number of hydrogen-bond donors (Lipinski definition) is 1. The zero-order valence-corrected chi connectivity index (χ0v) is 5.26. The second kappa shape index (κ2) is 3.57. The SMILES string of the molecule is CC(=CCl)CS. The molecule has 0 unspecified atom stereocenters. The predicted octanol–water partition coefficient (Wildman–Crippen LogP) is 2.06. The summed E-state index contributed by atoms with van der Waals surface area (Å²) in [4.78, 5) is 0. The van der Waals surface area contributed by atoms with Gasteiger partial charge in [-0.25, -0.2) is 0 Å². The second-order valence-electron chi connectivity index (χ2n) is 1.11. The molecule has 0 nitrogen and oxygen atoms in total. The maximum Gasteiger partial charge on any atom is 0.0121 e. The Hall–Kier alpha value is 0.380. The van der Waals surface area contributed by atoms with Crippen LogP contribution in [0.1, 0.15) is 6.92 Å². The number of rotatable bonds is 1. The van der Waals surface area contributed by atoms with Crippen LogP contribution < -0.4 is 0 Å². The van der Waals surface area contributed by atoms with Crippen LogP contribution in [0.3, 0.4) is 0 Å². The zero-order valence-electron chi connectivity index (χ0n) is 3.61. The van der Waals surface area contributed by atoms with E-state index in [1.165, 1.54) is 5.54 Å². The largest absolute Gasteiger partial charge is 0.175 e. The molecule has 0 spiro atoms. The molecule has 0 bridgehead atoms. The molecule has 36 valence electrons. The lowest BCUT2D eigenvalue weighted by Gasteiger charge is -1.82. The van der Waals surface area contributed by atoms with E-state index >= 15 is 0 Å². The summed E-state index contributed by atoms with van der Waals surface area (Å²) in [5.74, 6) is 0.753. The monoisotopic (exact) mass is 122 g/mol. The summed E-state index contributed by atoms with van der Waals surface area (Å²) in [6.45, 7) is 1.93. The third-order valence-electron chi connectivity index (χ3n) is 0.436. The van der Waals surface area contributed by atoms with Gasteiger partial charge in [0, 0.05) is 11.3 Å². The van der Waals surface area contributed by atoms with Crippen molar-refractivity contribution in [1.82, 2.24) is 0 Å². The molecule has 0 saturated heterocycles. The van der Waals surface area contributed by atoms with Crippen molar-refractivity contribution in [1.29, 1.82) is 0 Å². The van der Waals surface area contributed by atoms with E-state index in [4.69, 9.17) is 11.6 Å². The molecule has 0 aliphatic carbocycles. The van der Waals surface area contributed by atoms with Crippen LogP contribution in [-0.4, -0.2) is 5.75 Å². The fourth-order valence-corrected chi connectivity index (χ4v) is 0.311. The number of thiol groups is 1. The van der Waals surface area contributed by atoms with E-state index in [1.807, 2.05) is 6.92 Å². The van der Waals surface area contributed by atoms with Gasteiger partial charge in [-0.15, -0.1) is 0 Å². The normalized spacial score (nSPS) is 12.2. The average molecular weight is 123 g/mol. The lowest BCUT2D eigenvalue weighted by atomic mass is 10.4. The topological polar surface area (TPSA) is 0 Å². The molecule has 0 aromatic heterocycles. The smallest absolute Gasteiger partial charge is 0.0121 e. The Balaban J connectivity index is 3.22. The van der Waals surface area contributed by atoms with E-state index in [0.717, 1.165) is 11.3 Å². The van der Waals surface area contributed by atoms with Gasteiger partial charge in [-0.05, 0) is 6.92 Å². The van der Waals surface area contributed by atoms with Gasteiger partial charge in [0.1, 0.15) is 0 Å². The standard InChI is InChI=1S/C4H7ClS/c1-4(2-5)3-6/h2,6H,3H2,1H3. The van der Waals surface area contributed by atoms with Crippen molar-refractivity contribution in [2.75, 3.05) is 5.75 Å². The van der Waals surface area contributed by atoms with Gasteiger partial charge >= 0.3 is 0 Å². The molecule has 0 aromatic rings. The highest BCUT2D eigenvalue weighted by molar-refractivity contribution is 7.80. The molecule has 6 heavy (non-hydrogen) atoms. The fourth-order valence-electron chi connectivity index (χ4n) is 0.0345. The summed E-state index contributed by atoms with van der Waals surface area (Å²) in [6, 6.07) is 0. The molecule has 0 saturated carbocycles. The van der Waals surface area contributed by atoms with Crippen molar-refractivity contribution in [2.24, 2.45) is 0 Å². The van der Waals surface area contributed by atoms with Crippen LogP contribution in [0.4, 0.5) is 0 Å². The lowest BCUT2D eigenvalue weighted by molar-refractivity contribution is 1.44. The van der Waals surface area contributed by atoms with Crippen LogP contribution >= 0.6 is 24.2 Å². The van der Waals surface area contributed by atoms with Crippen molar-refractivity contribution in [2.45, 2.75) is 6.92 Å². The third-order valence-corrected chi connectivity index (χ3v) is 1.31. The van der Waals surface area contributed by atoms with Crippen LogP contribution in [0, 0.1) is 0 Å². The molecular formula is C4H7ClS. The third kappa shape index (κ3) is 2.61. The minimum Gasteiger partial charge on any atom is -0.175 e. The van der Waals surface area contributed by atoms with Crippen molar-refractivity contribution in [3.8, 4) is 0 Å². The first kappa shape index (κ1) is 6.38. The van der Waals surface area contributed by atoms with Gasteiger partial charge in [0.2, 0.25) is 0 Å². The highest BCUT2D eigenvalue weighted by Gasteiger charge is 1.75. The predicted molar refractivity (Wildman–Crippen MR) is 33.5 cm³/mol. The molecular weight excluding hydrogens is 116 g/mol. The van der Waals surface area contributed by atoms with E-state index in [2.05, 4.69) is 12.6 Å². The zero-order chi connectivity index (χ0) is 4.99. The Morgan fingerprint density at radius 1 is 2.00 bits per heavy atom. The number of hydrogen-bond acceptors (Lipinski definition) is 1. The molecule has 2 heteroatoms.